The predicted molar refractivity (Wildman–Crippen MR) is 42.3 cm³/mol. The van der Waals surface area contributed by atoms with E-state index in [4.69, 9.17) is 9.84 Å². The number of aliphatic carboxylic acids is 1. The van der Waals surface area contributed by atoms with Crippen LogP contribution in [0.25, 0.3) is 0 Å². The molecule has 1 unspecified atom stereocenters. The zero-order valence-electron chi connectivity index (χ0n) is 6.90. The summed E-state index contributed by atoms with van der Waals surface area (Å²) < 4.78 is 4.85. The van der Waals surface area contributed by atoms with Gasteiger partial charge in [-0.3, -0.25) is 4.79 Å². The molecule has 5 nitrogen and oxygen atoms in total. The molecule has 0 aromatic rings. The largest absolute Gasteiger partial charge is 0.481 e. The second-order valence-electron chi connectivity index (χ2n) is 3.28. The topological polar surface area (TPSA) is 76.0 Å². The summed E-state index contributed by atoms with van der Waals surface area (Å²) in [7, 11) is 0. The Balaban J connectivity index is 2.02. The first kappa shape index (κ1) is 8.22. The van der Waals surface area contributed by atoms with Crippen LogP contribution >= 0.6 is 0 Å². The number of carboxylic acid groups (broad SMARTS) is 1. The maximum Gasteiger partial charge on any atom is 0.338 e. The fraction of sp³-hybridized carbons (Fsp3) is 0.625. The summed E-state index contributed by atoms with van der Waals surface area (Å²) in [6.07, 6.45) is 1.72. The van der Waals surface area contributed by atoms with Crippen molar-refractivity contribution in [1.29, 1.82) is 0 Å². The number of hydrogen-bond donors (Lipinski definition) is 1. The van der Waals surface area contributed by atoms with Crippen LogP contribution in [0.1, 0.15) is 19.3 Å². The predicted octanol–water partition coefficient (Wildman–Crippen LogP) is 0.195. The second kappa shape index (κ2) is 2.83. The van der Waals surface area contributed by atoms with Gasteiger partial charge in [-0.05, 0) is 12.8 Å². The number of nitrogens with zero attached hydrogens (tertiary/aromatic N) is 1. The molecule has 13 heavy (non-hydrogen) atoms. The van der Waals surface area contributed by atoms with E-state index < -0.39 is 18.0 Å². The first-order valence-electron chi connectivity index (χ1n) is 4.18. The maximum absolute atomic E-state index is 11.1. The number of carboxylic acids is 1. The average Bonchev–Trinajstić information content (AvgIpc) is 2.79. The van der Waals surface area contributed by atoms with E-state index in [1.807, 2.05) is 0 Å². The fourth-order valence-corrected chi connectivity index (χ4v) is 1.22. The Bertz CT molecular complexity index is 293. The van der Waals surface area contributed by atoms with Crippen LogP contribution in [-0.4, -0.2) is 29.0 Å². The molecule has 1 saturated carbocycles. The molecule has 0 saturated heterocycles. The molecule has 0 spiro atoms. The number of carbonyl (C=O) groups is 2. The van der Waals surface area contributed by atoms with E-state index in [-0.39, 0.29) is 12.3 Å². The van der Waals surface area contributed by atoms with Crippen molar-refractivity contribution in [3.8, 4) is 0 Å². The number of carbonyl (C=O) groups excluding carboxylic acids is 1. The first-order valence-corrected chi connectivity index (χ1v) is 4.18. The van der Waals surface area contributed by atoms with E-state index in [0.29, 0.717) is 5.90 Å². The van der Waals surface area contributed by atoms with Gasteiger partial charge in [0.1, 0.15) is 0 Å². The van der Waals surface area contributed by atoms with Gasteiger partial charge in [-0.15, -0.1) is 0 Å². The quantitative estimate of drug-likeness (QED) is 0.634. The first-order chi connectivity index (χ1) is 6.16. The van der Waals surface area contributed by atoms with Crippen molar-refractivity contribution in [2.24, 2.45) is 10.9 Å². The molecule has 0 bridgehead atoms. The molecule has 0 radical (unpaired) electrons. The number of aliphatic imine (C=N–C) groups is 1. The normalized spacial score (nSPS) is 26.9. The monoisotopic (exact) mass is 183 g/mol. The van der Waals surface area contributed by atoms with Gasteiger partial charge in [0.25, 0.3) is 0 Å². The Morgan fingerprint density at radius 1 is 1.62 bits per heavy atom. The zero-order valence-corrected chi connectivity index (χ0v) is 6.90. The highest BCUT2D eigenvalue weighted by Gasteiger charge is 2.38. The van der Waals surface area contributed by atoms with Crippen LogP contribution in [0.2, 0.25) is 0 Å². The lowest BCUT2D eigenvalue weighted by Gasteiger charge is -1.96. The summed E-state index contributed by atoms with van der Waals surface area (Å²) in [5, 5.41) is 8.46. The minimum atomic E-state index is -1.03. The lowest BCUT2D eigenvalue weighted by Crippen LogP contribution is -2.18. The summed E-state index contributed by atoms with van der Waals surface area (Å²) in [5.74, 6) is -0.842. The number of hydrogen-bond acceptors (Lipinski definition) is 4. The van der Waals surface area contributed by atoms with Gasteiger partial charge in [0.2, 0.25) is 0 Å². The van der Waals surface area contributed by atoms with Crippen molar-refractivity contribution >= 4 is 17.8 Å². The van der Waals surface area contributed by atoms with E-state index in [1.165, 1.54) is 0 Å². The molecule has 1 heterocycles. The number of esters is 1. The third-order valence-electron chi connectivity index (χ3n) is 2.05. The van der Waals surface area contributed by atoms with Crippen molar-refractivity contribution in [3.63, 3.8) is 0 Å². The number of rotatable bonds is 3. The molecular weight excluding hydrogens is 174 g/mol. The van der Waals surface area contributed by atoms with Crippen molar-refractivity contribution in [2.75, 3.05) is 0 Å². The van der Waals surface area contributed by atoms with Crippen LogP contribution in [0.4, 0.5) is 0 Å². The molecule has 0 aromatic carbocycles. The third kappa shape index (κ3) is 1.68. The Morgan fingerprint density at radius 2 is 2.31 bits per heavy atom. The minimum Gasteiger partial charge on any atom is -0.481 e. The smallest absolute Gasteiger partial charge is 0.338 e. The third-order valence-corrected chi connectivity index (χ3v) is 2.05. The summed E-state index contributed by atoms with van der Waals surface area (Å²) in [6.45, 7) is 0. The van der Waals surface area contributed by atoms with E-state index in [9.17, 15) is 9.59 Å². The van der Waals surface area contributed by atoms with E-state index in [2.05, 4.69) is 4.99 Å². The summed E-state index contributed by atoms with van der Waals surface area (Å²) >= 11 is 0. The molecular formula is C8H9NO4. The van der Waals surface area contributed by atoms with Gasteiger partial charge in [-0.25, -0.2) is 9.79 Å². The molecule has 2 rings (SSSR count). The Kier molecular flexibility index (Phi) is 1.79. The molecule has 1 fully saturated rings. The van der Waals surface area contributed by atoms with Crippen molar-refractivity contribution in [3.05, 3.63) is 0 Å². The van der Waals surface area contributed by atoms with Crippen LogP contribution in [0.15, 0.2) is 4.99 Å². The Labute approximate surface area is 74.4 Å². The van der Waals surface area contributed by atoms with Crippen LogP contribution < -0.4 is 0 Å². The van der Waals surface area contributed by atoms with Crippen LogP contribution in [0.5, 0.6) is 0 Å². The van der Waals surface area contributed by atoms with Crippen LogP contribution in [-0.2, 0) is 14.3 Å². The lowest BCUT2D eigenvalue weighted by atomic mass is 10.2. The zero-order chi connectivity index (χ0) is 9.42. The standard InChI is InChI=1S/C8H9NO4/c10-6(11)3-5-8(12)13-7(9-5)4-1-2-4/h4-5H,1-3H2,(H,10,11). The van der Waals surface area contributed by atoms with Crippen molar-refractivity contribution < 1.29 is 19.4 Å². The van der Waals surface area contributed by atoms with Crippen LogP contribution in [0.3, 0.4) is 0 Å². The van der Waals surface area contributed by atoms with E-state index in [1.54, 1.807) is 0 Å². The molecule has 1 atom stereocenters. The molecule has 70 valence electrons. The molecule has 0 amide bonds. The Morgan fingerprint density at radius 3 is 2.85 bits per heavy atom. The Hall–Kier alpha value is -1.39. The number of cyclic esters (lactones) is 1. The molecule has 0 aromatic heterocycles. The van der Waals surface area contributed by atoms with Crippen molar-refractivity contribution in [2.45, 2.75) is 25.3 Å². The lowest BCUT2D eigenvalue weighted by molar-refractivity contribution is -0.142. The van der Waals surface area contributed by atoms with Gasteiger partial charge in [0.15, 0.2) is 11.9 Å². The van der Waals surface area contributed by atoms with Gasteiger partial charge >= 0.3 is 11.9 Å². The second-order valence-corrected chi connectivity index (χ2v) is 3.28. The van der Waals surface area contributed by atoms with Gasteiger partial charge in [0, 0.05) is 5.92 Å². The van der Waals surface area contributed by atoms with Gasteiger partial charge in [0.05, 0.1) is 6.42 Å². The maximum atomic E-state index is 11.1. The fourth-order valence-electron chi connectivity index (χ4n) is 1.22. The molecule has 1 aliphatic carbocycles. The molecule has 1 aliphatic heterocycles. The van der Waals surface area contributed by atoms with Crippen molar-refractivity contribution in [1.82, 2.24) is 0 Å². The summed E-state index contributed by atoms with van der Waals surface area (Å²) in [6, 6.07) is -0.812. The van der Waals surface area contributed by atoms with Gasteiger partial charge in [-0.2, -0.15) is 0 Å². The van der Waals surface area contributed by atoms with Gasteiger partial charge < -0.3 is 9.84 Å². The SMILES string of the molecule is O=C(O)CC1N=C(C2CC2)OC1=O. The highest BCUT2D eigenvalue weighted by Crippen LogP contribution is 2.33. The number of ether oxygens (including phenoxy) is 1. The van der Waals surface area contributed by atoms with Crippen LogP contribution in [0, 0.1) is 5.92 Å². The average molecular weight is 183 g/mol. The van der Waals surface area contributed by atoms with E-state index >= 15 is 0 Å². The minimum absolute atomic E-state index is 0.266. The molecule has 5 heteroatoms. The van der Waals surface area contributed by atoms with Gasteiger partial charge in [-0.1, -0.05) is 0 Å². The molecule has 1 N–H and O–H groups in total. The summed E-state index contributed by atoms with van der Waals surface area (Å²) in [5.41, 5.74) is 0. The van der Waals surface area contributed by atoms with E-state index in [0.717, 1.165) is 12.8 Å². The highest BCUT2D eigenvalue weighted by molar-refractivity contribution is 6.00. The molecule has 2 aliphatic rings. The summed E-state index contributed by atoms with van der Waals surface area (Å²) in [4.78, 5) is 25.3. The highest BCUT2D eigenvalue weighted by atomic mass is 16.6.